The third-order valence-corrected chi connectivity index (χ3v) is 4.93. The van der Waals surface area contributed by atoms with E-state index in [9.17, 15) is 4.79 Å². The maximum absolute atomic E-state index is 12.9. The Labute approximate surface area is 168 Å². The number of hydrogen-bond acceptors (Lipinski definition) is 4. The van der Waals surface area contributed by atoms with Crippen LogP contribution >= 0.6 is 24.0 Å². The maximum atomic E-state index is 12.9. The van der Waals surface area contributed by atoms with Crippen molar-refractivity contribution in [1.82, 2.24) is 14.7 Å². The average Bonchev–Trinajstić information content (AvgIpc) is 3.40. The van der Waals surface area contributed by atoms with Gasteiger partial charge in [-0.3, -0.25) is 4.79 Å². The molecule has 1 aliphatic heterocycles. The Morgan fingerprint density at radius 1 is 1.30 bits per heavy atom. The number of likely N-dealkylation sites (tertiary alicyclic amines) is 1. The van der Waals surface area contributed by atoms with E-state index in [-0.39, 0.29) is 18.3 Å². The molecule has 0 radical (unpaired) electrons. The first-order valence-corrected chi connectivity index (χ1v) is 8.92. The van der Waals surface area contributed by atoms with Crippen molar-refractivity contribution in [1.29, 1.82) is 0 Å². The molecular formula is C19H20Cl2N4O2. The second-order valence-corrected chi connectivity index (χ2v) is 6.86. The van der Waals surface area contributed by atoms with Crippen LogP contribution in [0.2, 0.25) is 5.02 Å². The minimum Gasteiger partial charge on any atom is -0.463 e. The summed E-state index contributed by atoms with van der Waals surface area (Å²) in [6.07, 6.45) is 2.54. The zero-order chi connectivity index (χ0) is 18.1. The molecule has 1 aliphatic rings. The van der Waals surface area contributed by atoms with E-state index in [1.165, 1.54) is 0 Å². The Morgan fingerprint density at radius 3 is 2.70 bits per heavy atom. The van der Waals surface area contributed by atoms with Gasteiger partial charge < -0.3 is 15.1 Å². The van der Waals surface area contributed by atoms with Crippen LogP contribution in [-0.4, -0.2) is 40.2 Å². The van der Waals surface area contributed by atoms with E-state index >= 15 is 0 Å². The summed E-state index contributed by atoms with van der Waals surface area (Å²) >= 11 is 5.99. The standard InChI is InChI=1S/C19H19ClN4O2.ClH/c20-14-3-5-15(6-4-14)24-17(18-2-1-9-26-18)10-16(22-24)19(25)23-8-7-13(11-21)12-23;/h1-6,9-10,13H,7-8,11-12,21H2;1H. The number of rotatable bonds is 4. The first kappa shape index (κ1) is 19.5. The summed E-state index contributed by atoms with van der Waals surface area (Å²) in [7, 11) is 0. The number of carbonyl (C=O) groups excluding carboxylic acids is 1. The lowest BCUT2D eigenvalue weighted by atomic mass is 10.1. The number of halogens is 2. The van der Waals surface area contributed by atoms with Crippen molar-refractivity contribution < 1.29 is 9.21 Å². The lowest BCUT2D eigenvalue weighted by molar-refractivity contribution is 0.0781. The molecule has 4 rings (SSSR count). The summed E-state index contributed by atoms with van der Waals surface area (Å²) in [5.41, 5.74) is 7.65. The topological polar surface area (TPSA) is 77.3 Å². The zero-order valence-electron chi connectivity index (χ0n) is 14.5. The van der Waals surface area contributed by atoms with E-state index in [0.29, 0.717) is 42.0 Å². The van der Waals surface area contributed by atoms with E-state index in [0.717, 1.165) is 17.8 Å². The van der Waals surface area contributed by atoms with Gasteiger partial charge in [-0.25, -0.2) is 4.68 Å². The molecule has 3 heterocycles. The molecule has 1 atom stereocenters. The maximum Gasteiger partial charge on any atom is 0.274 e. The van der Waals surface area contributed by atoms with Gasteiger partial charge in [0.15, 0.2) is 11.5 Å². The van der Waals surface area contributed by atoms with E-state index in [2.05, 4.69) is 5.10 Å². The number of furan rings is 1. The Kier molecular flexibility index (Phi) is 5.89. The Hall–Kier alpha value is -2.28. The molecule has 0 spiro atoms. The fourth-order valence-corrected chi connectivity index (χ4v) is 3.36. The number of nitrogens with zero attached hydrogens (tertiary/aromatic N) is 3. The fourth-order valence-electron chi connectivity index (χ4n) is 3.24. The Balaban J connectivity index is 0.00000210. The van der Waals surface area contributed by atoms with Gasteiger partial charge in [0, 0.05) is 24.2 Å². The second kappa shape index (κ2) is 8.17. The molecule has 2 N–H and O–H groups in total. The smallest absolute Gasteiger partial charge is 0.274 e. The minimum absolute atomic E-state index is 0. The fraction of sp³-hybridized carbons (Fsp3) is 0.263. The van der Waals surface area contributed by atoms with Crippen molar-refractivity contribution in [3.63, 3.8) is 0 Å². The van der Waals surface area contributed by atoms with Crippen LogP contribution in [0.4, 0.5) is 0 Å². The largest absolute Gasteiger partial charge is 0.463 e. The SMILES string of the molecule is Cl.NCC1CCN(C(=O)c2cc(-c3ccco3)n(-c3ccc(Cl)cc3)n2)C1. The number of benzene rings is 1. The minimum atomic E-state index is -0.0820. The number of carbonyl (C=O) groups is 1. The molecule has 1 fully saturated rings. The highest BCUT2D eigenvalue weighted by Crippen LogP contribution is 2.26. The molecule has 0 bridgehead atoms. The molecule has 1 amide bonds. The molecule has 1 aromatic carbocycles. The molecular weight excluding hydrogens is 387 g/mol. The van der Waals surface area contributed by atoms with Crippen molar-refractivity contribution in [2.75, 3.05) is 19.6 Å². The molecule has 27 heavy (non-hydrogen) atoms. The summed E-state index contributed by atoms with van der Waals surface area (Å²) < 4.78 is 7.24. The summed E-state index contributed by atoms with van der Waals surface area (Å²) in [5, 5.41) is 5.19. The number of aromatic nitrogens is 2. The lowest BCUT2D eigenvalue weighted by Crippen LogP contribution is -2.30. The van der Waals surface area contributed by atoms with E-state index in [1.807, 2.05) is 29.2 Å². The molecule has 0 aliphatic carbocycles. The molecule has 2 aromatic heterocycles. The van der Waals surface area contributed by atoms with Crippen LogP contribution in [0, 0.1) is 5.92 Å². The first-order chi connectivity index (χ1) is 12.7. The van der Waals surface area contributed by atoms with E-state index in [4.69, 9.17) is 21.8 Å². The van der Waals surface area contributed by atoms with E-state index in [1.54, 1.807) is 29.1 Å². The van der Waals surface area contributed by atoms with Gasteiger partial charge in [0.05, 0.1) is 12.0 Å². The van der Waals surface area contributed by atoms with Crippen molar-refractivity contribution in [3.05, 3.63) is 59.4 Å². The van der Waals surface area contributed by atoms with Gasteiger partial charge in [0.1, 0.15) is 5.69 Å². The molecule has 8 heteroatoms. The predicted molar refractivity (Wildman–Crippen MR) is 107 cm³/mol. The van der Waals surface area contributed by atoms with Gasteiger partial charge >= 0.3 is 0 Å². The van der Waals surface area contributed by atoms with Crippen LogP contribution in [0.5, 0.6) is 0 Å². The zero-order valence-corrected chi connectivity index (χ0v) is 16.1. The highest BCUT2D eigenvalue weighted by Gasteiger charge is 2.28. The van der Waals surface area contributed by atoms with Crippen LogP contribution in [0.25, 0.3) is 17.1 Å². The first-order valence-electron chi connectivity index (χ1n) is 8.55. The van der Waals surface area contributed by atoms with Crippen LogP contribution in [0.3, 0.4) is 0 Å². The van der Waals surface area contributed by atoms with E-state index < -0.39 is 0 Å². The third kappa shape index (κ3) is 3.88. The Morgan fingerprint density at radius 2 is 2.07 bits per heavy atom. The van der Waals surface area contributed by atoms with Gasteiger partial charge in [-0.2, -0.15) is 5.10 Å². The molecule has 1 unspecified atom stereocenters. The monoisotopic (exact) mass is 406 g/mol. The van der Waals surface area contributed by atoms with Gasteiger partial charge in [-0.05, 0) is 55.3 Å². The van der Waals surface area contributed by atoms with Gasteiger partial charge in [0.2, 0.25) is 0 Å². The van der Waals surface area contributed by atoms with Gasteiger partial charge in [-0.15, -0.1) is 12.4 Å². The van der Waals surface area contributed by atoms with Gasteiger partial charge in [-0.1, -0.05) is 11.6 Å². The second-order valence-electron chi connectivity index (χ2n) is 6.42. The summed E-state index contributed by atoms with van der Waals surface area (Å²) in [5.74, 6) is 0.927. The summed E-state index contributed by atoms with van der Waals surface area (Å²) in [6.45, 7) is 1.99. The van der Waals surface area contributed by atoms with Crippen molar-refractivity contribution in [3.8, 4) is 17.1 Å². The van der Waals surface area contributed by atoms with Gasteiger partial charge in [0.25, 0.3) is 5.91 Å². The van der Waals surface area contributed by atoms with Crippen LogP contribution < -0.4 is 5.73 Å². The quantitative estimate of drug-likeness (QED) is 0.717. The highest BCUT2D eigenvalue weighted by atomic mass is 35.5. The van der Waals surface area contributed by atoms with Crippen LogP contribution in [0.15, 0.2) is 53.1 Å². The molecule has 0 saturated carbocycles. The molecule has 6 nitrogen and oxygen atoms in total. The Bertz CT molecular complexity index is 906. The number of hydrogen-bond donors (Lipinski definition) is 1. The number of nitrogens with two attached hydrogens (primary N) is 1. The highest BCUT2D eigenvalue weighted by molar-refractivity contribution is 6.30. The van der Waals surface area contributed by atoms with Crippen LogP contribution in [0.1, 0.15) is 16.9 Å². The molecule has 142 valence electrons. The normalized spacial score (nSPS) is 16.4. The lowest BCUT2D eigenvalue weighted by Gasteiger charge is -2.14. The summed E-state index contributed by atoms with van der Waals surface area (Å²) in [6, 6.07) is 12.7. The van der Waals surface area contributed by atoms with Crippen LogP contribution in [-0.2, 0) is 0 Å². The number of amides is 1. The van der Waals surface area contributed by atoms with Crippen molar-refractivity contribution in [2.24, 2.45) is 11.7 Å². The third-order valence-electron chi connectivity index (χ3n) is 4.68. The average molecular weight is 407 g/mol. The van der Waals surface area contributed by atoms with Crippen molar-refractivity contribution >= 4 is 29.9 Å². The van der Waals surface area contributed by atoms with Crippen molar-refractivity contribution in [2.45, 2.75) is 6.42 Å². The predicted octanol–water partition coefficient (Wildman–Crippen LogP) is 3.63. The molecule has 1 saturated heterocycles. The molecule has 3 aromatic rings. The summed E-state index contributed by atoms with van der Waals surface area (Å²) in [4.78, 5) is 14.7.